The van der Waals surface area contributed by atoms with E-state index in [9.17, 15) is 13.2 Å². The van der Waals surface area contributed by atoms with Crippen LogP contribution in [0.1, 0.15) is 59.6 Å². The first-order valence-electron chi connectivity index (χ1n) is 12.1. The van der Waals surface area contributed by atoms with Crippen molar-refractivity contribution in [2.45, 2.75) is 50.0 Å². The molecule has 6 nitrogen and oxygen atoms in total. The summed E-state index contributed by atoms with van der Waals surface area (Å²) < 4.78 is 26.9. The molecule has 1 unspecified atom stereocenters. The number of carbonyl (C=O) groups excluding carboxylic acids is 1. The van der Waals surface area contributed by atoms with Crippen molar-refractivity contribution in [1.29, 1.82) is 0 Å². The maximum atomic E-state index is 12.8. The Balaban J connectivity index is 1.37. The van der Waals surface area contributed by atoms with E-state index in [1.54, 1.807) is 24.3 Å². The molecule has 178 valence electrons. The minimum atomic E-state index is -3.45. The predicted octanol–water partition coefficient (Wildman–Crippen LogP) is 3.78. The van der Waals surface area contributed by atoms with Crippen molar-refractivity contribution >= 4 is 15.8 Å². The average molecular weight is 470 g/mol. The summed E-state index contributed by atoms with van der Waals surface area (Å²) >= 11 is 0. The molecule has 0 amide bonds. The van der Waals surface area contributed by atoms with Gasteiger partial charge >= 0.3 is 0 Å². The summed E-state index contributed by atoms with van der Waals surface area (Å²) in [4.78, 5) is 15.5. The van der Waals surface area contributed by atoms with Crippen molar-refractivity contribution in [3.63, 3.8) is 0 Å². The molecule has 2 fully saturated rings. The zero-order valence-corrected chi connectivity index (χ0v) is 20.3. The summed E-state index contributed by atoms with van der Waals surface area (Å²) in [7, 11) is -3.45. The Morgan fingerprint density at radius 2 is 1.48 bits per heavy atom. The first-order valence-corrected chi connectivity index (χ1v) is 13.5. The number of benzene rings is 2. The molecule has 0 aliphatic carbocycles. The highest BCUT2D eigenvalue weighted by Crippen LogP contribution is 2.25. The zero-order valence-electron chi connectivity index (χ0n) is 19.5. The number of carbonyl (C=O) groups is 1. The number of hydrogen-bond acceptors (Lipinski definition) is 5. The fraction of sp³-hybridized carbons (Fsp3) is 0.500. The standard InChI is InChI=1S/C26H35N3O3S/c1-21-7-9-22(10-8-21)25(28-15-3-2-4-16-28)19-27-20-26(30)23-11-13-24(14-12-23)33(31,32)29-17-5-6-18-29/h7-14,25,27H,2-6,15-20H2,1H3. The second-order valence-electron chi connectivity index (χ2n) is 9.21. The van der Waals surface area contributed by atoms with E-state index >= 15 is 0 Å². The molecule has 0 aromatic heterocycles. The lowest BCUT2D eigenvalue weighted by molar-refractivity contribution is 0.0983. The van der Waals surface area contributed by atoms with Gasteiger partial charge < -0.3 is 5.32 Å². The molecule has 0 spiro atoms. The largest absolute Gasteiger partial charge is 0.308 e. The lowest BCUT2D eigenvalue weighted by Crippen LogP contribution is -2.40. The van der Waals surface area contributed by atoms with Crippen LogP contribution >= 0.6 is 0 Å². The SMILES string of the molecule is Cc1ccc(C(CNCC(=O)c2ccc(S(=O)(=O)N3CCCC3)cc2)N2CCCCC2)cc1. The number of Topliss-reactive ketones (excluding diaryl/α,β-unsaturated/α-hetero) is 1. The maximum Gasteiger partial charge on any atom is 0.243 e. The second kappa shape index (κ2) is 10.9. The predicted molar refractivity (Wildman–Crippen MR) is 131 cm³/mol. The summed E-state index contributed by atoms with van der Waals surface area (Å²) in [5, 5.41) is 3.37. The Hall–Kier alpha value is -2.06. The Kier molecular flexibility index (Phi) is 7.96. The van der Waals surface area contributed by atoms with Crippen molar-refractivity contribution in [1.82, 2.24) is 14.5 Å². The summed E-state index contributed by atoms with van der Waals surface area (Å²) in [5.74, 6) is -0.0265. The molecular weight excluding hydrogens is 434 g/mol. The molecule has 33 heavy (non-hydrogen) atoms. The van der Waals surface area contributed by atoms with Gasteiger partial charge in [-0.2, -0.15) is 4.31 Å². The third-order valence-corrected chi connectivity index (χ3v) is 8.71. The molecule has 2 aromatic rings. The molecule has 2 aliphatic rings. The lowest BCUT2D eigenvalue weighted by Gasteiger charge is -2.35. The van der Waals surface area contributed by atoms with Crippen LogP contribution in [-0.4, -0.2) is 62.7 Å². The molecule has 2 aliphatic heterocycles. The van der Waals surface area contributed by atoms with Gasteiger partial charge in [0.15, 0.2) is 5.78 Å². The van der Waals surface area contributed by atoms with Crippen molar-refractivity contribution in [2.24, 2.45) is 0 Å². The Bertz CT molecular complexity index is 1020. The summed E-state index contributed by atoms with van der Waals surface area (Å²) in [6.45, 7) is 6.35. The molecule has 1 atom stereocenters. The van der Waals surface area contributed by atoms with Crippen LogP contribution in [0.4, 0.5) is 0 Å². The van der Waals surface area contributed by atoms with Gasteiger partial charge in [0.1, 0.15) is 0 Å². The highest BCUT2D eigenvalue weighted by molar-refractivity contribution is 7.89. The van der Waals surface area contributed by atoms with Crippen molar-refractivity contribution in [2.75, 3.05) is 39.3 Å². The van der Waals surface area contributed by atoms with Gasteiger partial charge in [0.25, 0.3) is 0 Å². The molecule has 2 saturated heterocycles. The number of rotatable bonds is 9. The van der Waals surface area contributed by atoms with Gasteiger partial charge in [-0.05, 0) is 63.4 Å². The minimum absolute atomic E-state index is 0.0265. The van der Waals surface area contributed by atoms with Gasteiger partial charge in [-0.25, -0.2) is 8.42 Å². The van der Waals surface area contributed by atoms with E-state index in [-0.39, 0.29) is 23.3 Å². The monoisotopic (exact) mass is 469 g/mol. The molecular formula is C26H35N3O3S. The third-order valence-electron chi connectivity index (χ3n) is 6.80. The van der Waals surface area contributed by atoms with E-state index in [0.717, 1.165) is 25.9 Å². The Morgan fingerprint density at radius 3 is 2.12 bits per heavy atom. The number of sulfonamides is 1. The number of ketones is 1. The summed E-state index contributed by atoms with van der Waals surface area (Å²) in [6.07, 6.45) is 5.53. The lowest BCUT2D eigenvalue weighted by atomic mass is 10.0. The van der Waals surface area contributed by atoms with Crippen molar-refractivity contribution in [3.05, 3.63) is 65.2 Å². The van der Waals surface area contributed by atoms with E-state index in [1.807, 2.05) is 0 Å². The number of likely N-dealkylation sites (tertiary alicyclic amines) is 1. The van der Waals surface area contributed by atoms with Crippen molar-refractivity contribution < 1.29 is 13.2 Å². The molecule has 0 bridgehead atoms. The summed E-state index contributed by atoms with van der Waals surface area (Å²) in [5.41, 5.74) is 3.06. The van der Waals surface area contributed by atoms with Crippen molar-refractivity contribution in [3.8, 4) is 0 Å². The number of aryl methyl sites for hydroxylation is 1. The van der Waals surface area contributed by atoms with Crippen LogP contribution in [0, 0.1) is 6.92 Å². The van der Waals surface area contributed by atoms with Crippen LogP contribution in [0.15, 0.2) is 53.4 Å². The van der Waals surface area contributed by atoms with Crippen LogP contribution in [0.3, 0.4) is 0 Å². The molecule has 7 heteroatoms. The van der Waals surface area contributed by atoms with E-state index < -0.39 is 10.0 Å². The number of nitrogens with one attached hydrogen (secondary N) is 1. The third kappa shape index (κ3) is 5.90. The maximum absolute atomic E-state index is 12.8. The normalized spacial score (nSPS) is 18.9. The highest BCUT2D eigenvalue weighted by atomic mass is 32.2. The zero-order chi connectivity index (χ0) is 23.3. The molecule has 1 N–H and O–H groups in total. The van der Waals surface area contributed by atoms with E-state index in [1.165, 1.54) is 34.7 Å². The highest BCUT2D eigenvalue weighted by Gasteiger charge is 2.27. The van der Waals surface area contributed by atoms with Gasteiger partial charge in [-0.3, -0.25) is 9.69 Å². The number of hydrogen-bond donors (Lipinski definition) is 1. The van der Waals surface area contributed by atoms with Crippen LogP contribution in [0.2, 0.25) is 0 Å². The smallest absolute Gasteiger partial charge is 0.243 e. The van der Waals surface area contributed by atoms with E-state index in [4.69, 9.17) is 0 Å². The first-order chi connectivity index (χ1) is 15.9. The first kappa shape index (κ1) is 24.1. The van der Waals surface area contributed by atoms with Gasteiger partial charge in [0, 0.05) is 31.2 Å². The van der Waals surface area contributed by atoms with Crippen LogP contribution < -0.4 is 5.32 Å². The van der Waals surface area contributed by atoms with E-state index in [2.05, 4.69) is 41.4 Å². The molecule has 0 saturated carbocycles. The van der Waals surface area contributed by atoms with Gasteiger partial charge in [0.2, 0.25) is 10.0 Å². The molecule has 2 heterocycles. The van der Waals surface area contributed by atoms with Gasteiger partial charge in [0.05, 0.1) is 11.4 Å². The molecule has 2 aromatic carbocycles. The fourth-order valence-corrected chi connectivity index (χ4v) is 6.31. The molecule has 4 rings (SSSR count). The average Bonchev–Trinajstić information content (AvgIpc) is 3.39. The fourth-order valence-electron chi connectivity index (χ4n) is 4.79. The quantitative estimate of drug-likeness (QED) is 0.566. The Labute approximate surface area is 198 Å². The number of nitrogens with zero attached hydrogens (tertiary/aromatic N) is 2. The second-order valence-corrected chi connectivity index (χ2v) is 11.2. The van der Waals surface area contributed by atoms with Gasteiger partial charge in [-0.15, -0.1) is 0 Å². The number of piperidine rings is 1. The molecule has 0 radical (unpaired) electrons. The van der Waals surface area contributed by atoms with Gasteiger partial charge in [-0.1, -0.05) is 48.4 Å². The van der Waals surface area contributed by atoms with Crippen LogP contribution in [-0.2, 0) is 10.0 Å². The Morgan fingerprint density at radius 1 is 0.879 bits per heavy atom. The van der Waals surface area contributed by atoms with Crippen LogP contribution in [0.25, 0.3) is 0 Å². The topological polar surface area (TPSA) is 69.7 Å². The minimum Gasteiger partial charge on any atom is -0.308 e. The van der Waals surface area contributed by atoms with E-state index in [0.29, 0.717) is 25.2 Å². The van der Waals surface area contributed by atoms with Crippen LogP contribution in [0.5, 0.6) is 0 Å². The summed E-state index contributed by atoms with van der Waals surface area (Å²) in [6, 6.07) is 15.3.